The summed E-state index contributed by atoms with van der Waals surface area (Å²) in [6, 6.07) is 6.60. The molecule has 2 rings (SSSR count). The van der Waals surface area contributed by atoms with E-state index in [1.54, 1.807) is 31.2 Å². The molecular formula is C16H18Cl2N4O. The Bertz CT molecular complexity index is 717. The summed E-state index contributed by atoms with van der Waals surface area (Å²) in [5.74, 6) is 0.970. The molecule has 5 nitrogen and oxygen atoms in total. The molecule has 7 heteroatoms. The standard InChI is InChI=1S/C16H18Cl2N4O/c1-4-22(5-2)15-9-14(19-10(3)20-15)16(23)21-11-6-7-12(17)13(18)8-11/h6-9H,4-5H2,1-3H3,(H,21,23). The Morgan fingerprint density at radius 1 is 1.13 bits per heavy atom. The maximum atomic E-state index is 12.4. The average Bonchev–Trinajstić information content (AvgIpc) is 2.51. The quantitative estimate of drug-likeness (QED) is 0.876. The normalized spacial score (nSPS) is 10.5. The third-order valence-electron chi connectivity index (χ3n) is 3.32. The van der Waals surface area contributed by atoms with E-state index in [9.17, 15) is 4.79 Å². The molecule has 0 saturated carbocycles. The fourth-order valence-electron chi connectivity index (χ4n) is 2.15. The molecular weight excluding hydrogens is 335 g/mol. The van der Waals surface area contributed by atoms with E-state index in [1.165, 1.54) is 0 Å². The summed E-state index contributed by atoms with van der Waals surface area (Å²) in [5, 5.41) is 3.58. The minimum atomic E-state index is -0.317. The van der Waals surface area contributed by atoms with E-state index in [2.05, 4.69) is 20.2 Å². The molecule has 1 N–H and O–H groups in total. The lowest BCUT2D eigenvalue weighted by Crippen LogP contribution is -2.24. The monoisotopic (exact) mass is 352 g/mol. The highest BCUT2D eigenvalue weighted by molar-refractivity contribution is 6.42. The molecule has 0 fully saturated rings. The zero-order valence-electron chi connectivity index (χ0n) is 13.2. The number of hydrogen-bond donors (Lipinski definition) is 1. The second-order valence-corrected chi connectivity index (χ2v) is 5.73. The van der Waals surface area contributed by atoms with E-state index < -0.39 is 0 Å². The molecule has 1 aromatic heterocycles. The van der Waals surface area contributed by atoms with Crippen LogP contribution in [0, 0.1) is 6.92 Å². The van der Waals surface area contributed by atoms with Crippen molar-refractivity contribution in [3.63, 3.8) is 0 Å². The number of amides is 1. The Morgan fingerprint density at radius 3 is 2.43 bits per heavy atom. The first-order chi connectivity index (χ1) is 10.9. The fraction of sp³-hybridized carbons (Fsp3) is 0.312. The summed E-state index contributed by atoms with van der Waals surface area (Å²) in [6.07, 6.45) is 0. The molecule has 2 aromatic rings. The van der Waals surface area contributed by atoms with E-state index in [4.69, 9.17) is 23.2 Å². The second kappa shape index (κ2) is 7.62. The lowest BCUT2D eigenvalue weighted by atomic mass is 10.3. The third-order valence-corrected chi connectivity index (χ3v) is 4.06. The van der Waals surface area contributed by atoms with Crippen LogP contribution < -0.4 is 10.2 Å². The van der Waals surface area contributed by atoms with Crippen molar-refractivity contribution < 1.29 is 4.79 Å². The van der Waals surface area contributed by atoms with Crippen molar-refractivity contribution in [3.05, 3.63) is 45.8 Å². The SMILES string of the molecule is CCN(CC)c1cc(C(=O)Nc2ccc(Cl)c(Cl)c2)nc(C)n1. The largest absolute Gasteiger partial charge is 0.357 e. The molecule has 122 valence electrons. The number of nitrogens with zero attached hydrogens (tertiary/aromatic N) is 3. The summed E-state index contributed by atoms with van der Waals surface area (Å²) in [4.78, 5) is 23.1. The molecule has 0 spiro atoms. The van der Waals surface area contributed by atoms with Crippen molar-refractivity contribution in [2.24, 2.45) is 0 Å². The van der Waals surface area contributed by atoms with Crippen LogP contribution in [0.2, 0.25) is 10.0 Å². The van der Waals surface area contributed by atoms with Gasteiger partial charge in [0, 0.05) is 24.8 Å². The molecule has 0 aliphatic heterocycles. The van der Waals surface area contributed by atoms with Gasteiger partial charge >= 0.3 is 0 Å². The van der Waals surface area contributed by atoms with E-state index >= 15 is 0 Å². The summed E-state index contributed by atoms with van der Waals surface area (Å²) in [7, 11) is 0. The van der Waals surface area contributed by atoms with Gasteiger partial charge in [0.25, 0.3) is 5.91 Å². The number of benzene rings is 1. The summed E-state index contributed by atoms with van der Waals surface area (Å²) in [6.45, 7) is 7.46. The minimum Gasteiger partial charge on any atom is -0.357 e. The summed E-state index contributed by atoms with van der Waals surface area (Å²) < 4.78 is 0. The Kier molecular flexibility index (Phi) is 5.80. The molecule has 0 unspecified atom stereocenters. The predicted molar refractivity (Wildman–Crippen MR) is 94.7 cm³/mol. The van der Waals surface area contributed by atoms with Gasteiger partial charge in [-0.15, -0.1) is 0 Å². The van der Waals surface area contributed by atoms with Gasteiger partial charge in [-0.25, -0.2) is 9.97 Å². The van der Waals surface area contributed by atoms with E-state index in [0.717, 1.165) is 18.9 Å². The van der Waals surface area contributed by atoms with Gasteiger partial charge in [0.05, 0.1) is 10.0 Å². The highest BCUT2D eigenvalue weighted by atomic mass is 35.5. The number of carbonyl (C=O) groups is 1. The van der Waals surface area contributed by atoms with Crippen molar-refractivity contribution in [3.8, 4) is 0 Å². The highest BCUT2D eigenvalue weighted by Crippen LogP contribution is 2.25. The van der Waals surface area contributed by atoms with Crippen LogP contribution >= 0.6 is 23.2 Å². The molecule has 23 heavy (non-hydrogen) atoms. The fourth-order valence-corrected chi connectivity index (χ4v) is 2.44. The lowest BCUT2D eigenvalue weighted by Gasteiger charge is -2.20. The van der Waals surface area contributed by atoms with Crippen molar-refractivity contribution in [2.75, 3.05) is 23.3 Å². The summed E-state index contributed by atoms with van der Waals surface area (Å²) >= 11 is 11.8. The van der Waals surface area contributed by atoms with Gasteiger partial charge in [0.2, 0.25) is 0 Å². The van der Waals surface area contributed by atoms with Crippen LogP contribution in [0.3, 0.4) is 0 Å². The van der Waals surface area contributed by atoms with E-state index in [1.807, 2.05) is 13.8 Å². The van der Waals surface area contributed by atoms with Gasteiger partial charge in [-0.3, -0.25) is 4.79 Å². The zero-order valence-corrected chi connectivity index (χ0v) is 14.7. The Morgan fingerprint density at radius 2 is 1.83 bits per heavy atom. The van der Waals surface area contributed by atoms with Crippen LogP contribution in [0.5, 0.6) is 0 Å². The number of halogens is 2. The van der Waals surface area contributed by atoms with Gasteiger partial charge in [0.15, 0.2) is 0 Å². The number of aromatic nitrogens is 2. The first-order valence-corrected chi connectivity index (χ1v) is 8.07. The Balaban J connectivity index is 2.26. The minimum absolute atomic E-state index is 0.311. The molecule has 0 saturated heterocycles. The average molecular weight is 353 g/mol. The van der Waals surface area contributed by atoms with Gasteiger partial charge < -0.3 is 10.2 Å². The first kappa shape index (κ1) is 17.5. The summed E-state index contributed by atoms with van der Waals surface area (Å²) in [5.41, 5.74) is 0.871. The molecule has 0 bridgehead atoms. The first-order valence-electron chi connectivity index (χ1n) is 7.31. The molecule has 0 aliphatic rings. The second-order valence-electron chi connectivity index (χ2n) is 4.91. The van der Waals surface area contributed by atoms with Crippen molar-refractivity contribution in [2.45, 2.75) is 20.8 Å². The van der Waals surface area contributed by atoms with Gasteiger partial charge in [-0.2, -0.15) is 0 Å². The molecule has 0 radical (unpaired) electrons. The van der Waals surface area contributed by atoms with Crippen LogP contribution in [0.1, 0.15) is 30.2 Å². The van der Waals surface area contributed by atoms with Crippen LogP contribution in [0.4, 0.5) is 11.5 Å². The molecule has 1 heterocycles. The van der Waals surface area contributed by atoms with Crippen LogP contribution in [0.15, 0.2) is 24.3 Å². The number of anilines is 2. The molecule has 1 aromatic carbocycles. The topological polar surface area (TPSA) is 58.1 Å². The maximum absolute atomic E-state index is 12.4. The van der Waals surface area contributed by atoms with Crippen molar-refractivity contribution >= 4 is 40.6 Å². The number of nitrogens with one attached hydrogen (secondary N) is 1. The van der Waals surface area contributed by atoms with Crippen LogP contribution in [-0.4, -0.2) is 29.0 Å². The smallest absolute Gasteiger partial charge is 0.274 e. The molecule has 1 amide bonds. The van der Waals surface area contributed by atoms with Gasteiger partial charge in [0.1, 0.15) is 17.3 Å². The number of carbonyl (C=O) groups excluding carboxylic acids is 1. The maximum Gasteiger partial charge on any atom is 0.274 e. The number of hydrogen-bond acceptors (Lipinski definition) is 4. The van der Waals surface area contributed by atoms with Crippen molar-refractivity contribution in [1.29, 1.82) is 0 Å². The zero-order chi connectivity index (χ0) is 17.0. The third kappa shape index (κ3) is 4.33. The molecule has 0 atom stereocenters. The van der Waals surface area contributed by atoms with Crippen molar-refractivity contribution in [1.82, 2.24) is 9.97 Å². The Labute approximate surface area is 145 Å². The Hall–Kier alpha value is -1.85. The highest BCUT2D eigenvalue weighted by Gasteiger charge is 2.14. The van der Waals surface area contributed by atoms with Crippen LogP contribution in [0.25, 0.3) is 0 Å². The van der Waals surface area contributed by atoms with Gasteiger partial charge in [-0.1, -0.05) is 23.2 Å². The number of aryl methyl sites for hydroxylation is 1. The van der Waals surface area contributed by atoms with Crippen LogP contribution in [-0.2, 0) is 0 Å². The predicted octanol–water partition coefficient (Wildman–Crippen LogP) is 4.19. The number of rotatable bonds is 5. The lowest BCUT2D eigenvalue weighted by molar-refractivity contribution is 0.102. The molecule has 0 aliphatic carbocycles. The van der Waals surface area contributed by atoms with E-state index in [-0.39, 0.29) is 5.91 Å². The van der Waals surface area contributed by atoms with Gasteiger partial charge in [-0.05, 0) is 39.0 Å². The van der Waals surface area contributed by atoms with E-state index in [0.29, 0.717) is 27.3 Å².